The molecule has 0 fully saturated rings. The summed E-state index contributed by atoms with van der Waals surface area (Å²) < 4.78 is 12.8. The van der Waals surface area contributed by atoms with Crippen molar-refractivity contribution >= 4 is 17.7 Å². The fourth-order valence-corrected chi connectivity index (χ4v) is 4.04. The first-order valence-corrected chi connectivity index (χ1v) is 10.7. The summed E-state index contributed by atoms with van der Waals surface area (Å²) in [6, 6.07) is 21.1. The summed E-state index contributed by atoms with van der Waals surface area (Å²) in [5.41, 5.74) is 1.86. The molecule has 158 valence electrons. The van der Waals surface area contributed by atoms with Crippen LogP contribution in [0.4, 0.5) is 0 Å². The van der Waals surface area contributed by atoms with Crippen LogP contribution in [0, 0.1) is 0 Å². The monoisotopic (exact) mass is 434 g/mol. The lowest BCUT2D eigenvalue weighted by Gasteiger charge is -2.18. The van der Waals surface area contributed by atoms with E-state index >= 15 is 0 Å². The maximum absolute atomic E-state index is 12.8. The van der Waals surface area contributed by atoms with Gasteiger partial charge in [-0.2, -0.15) is 0 Å². The number of amides is 1. The van der Waals surface area contributed by atoms with E-state index in [1.807, 2.05) is 71.3 Å². The minimum Gasteiger partial charge on any atom is -0.496 e. The number of thioether (sulfide) groups is 1. The molecule has 0 aliphatic carbocycles. The number of carbonyl (C=O) groups excluding carboxylic acids is 1. The summed E-state index contributed by atoms with van der Waals surface area (Å²) in [5, 5.41) is 9.24. The summed E-state index contributed by atoms with van der Waals surface area (Å²) >= 11 is 1.34. The van der Waals surface area contributed by atoms with E-state index in [0.717, 1.165) is 17.0 Å². The standard InChI is InChI=1S/C23H22N4O3S/c1-26(15-17-9-6-7-12-19(17)29-2)21(28)16-31-23-25-24-22(20-13-8-14-30-20)27(23)18-10-4-3-5-11-18/h3-14H,15-16H2,1-2H3. The van der Waals surface area contributed by atoms with Gasteiger partial charge in [-0.3, -0.25) is 9.36 Å². The van der Waals surface area contributed by atoms with E-state index in [0.29, 0.717) is 23.3 Å². The average Bonchev–Trinajstić information content (AvgIpc) is 3.48. The van der Waals surface area contributed by atoms with Gasteiger partial charge in [-0.25, -0.2) is 0 Å². The number of hydrogen-bond donors (Lipinski definition) is 0. The third-order valence-electron chi connectivity index (χ3n) is 4.74. The molecule has 2 aromatic carbocycles. The largest absolute Gasteiger partial charge is 0.496 e. The van der Waals surface area contributed by atoms with Gasteiger partial charge in [-0.05, 0) is 30.3 Å². The number of aromatic nitrogens is 3. The van der Waals surface area contributed by atoms with Crippen LogP contribution in [-0.2, 0) is 11.3 Å². The molecule has 8 heteroatoms. The predicted octanol–water partition coefficient (Wildman–Crippen LogP) is 4.29. The zero-order chi connectivity index (χ0) is 21.6. The molecule has 0 atom stereocenters. The van der Waals surface area contributed by atoms with Crippen molar-refractivity contribution in [2.75, 3.05) is 19.9 Å². The minimum atomic E-state index is -0.0157. The molecule has 0 spiro atoms. The van der Waals surface area contributed by atoms with Gasteiger partial charge < -0.3 is 14.1 Å². The molecule has 0 saturated carbocycles. The van der Waals surface area contributed by atoms with E-state index in [2.05, 4.69) is 10.2 Å². The molecule has 7 nitrogen and oxygen atoms in total. The molecule has 0 N–H and O–H groups in total. The van der Waals surface area contributed by atoms with Gasteiger partial charge in [0.1, 0.15) is 5.75 Å². The maximum Gasteiger partial charge on any atom is 0.233 e. The van der Waals surface area contributed by atoms with Crippen LogP contribution in [0.15, 0.2) is 82.6 Å². The van der Waals surface area contributed by atoms with Gasteiger partial charge in [-0.1, -0.05) is 48.2 Å². The Bertz CT molecular complexity index is 1140. The fourth-order valence-electron chi connectivity index (χ4n) is 3.15. The molecule has 1 amide bonds. The van der Waals surface area contributed by atoms with E-state index in [1.54, 1.807) is 25.3 Å². The van der Waals surface area contributed by atoms with E-state index in [4.69, 9.17) is 9.15 Å². The highest BCUT2D eigenvalue weighted by molar-refractivity contribution is 7.99. The van der Waals surface area contributed by atoms with Gasteiger partial charge in [0, 0.05) is 24.8 Å². The Morgan fingerprint density at radius 3 is 2.58 bits per heavy atom. The first-order valence-electron chi connectivity index (χ1n) is 9.70. The molecular formula is C23H22N4O3S. The average molecular weight is 435 g/mol. The number of benzene rings is 2. The van der Waals surface area contributed by atoms with Crippen molar-refractivity contribution < 1.29 is 13.9 Å². The first kappa shape index (κ1) is 20.7. The van der Waals surface area contributed by atoms with Crippen molar-refractivity contribution in [3.05, 3.63) is 78.6 Å². The number of carbonyl (C=O) groups is 1. The molecule has 2 heterocycles. The molecule has 4 aromatic rings. The van der Waals surface area contributed by atoms with Crippen molar-refractivity contribution in [2.24, 2.45) is 0 Å². The Hall–Kier alpha value is -3.52. The van der Waals surface area contributed by atoms with Crippen LogP contribution in [0.25, 0.3) is 17.3 Å². The highest BCUT2D eigenvalue weighted by atomic mass is 32.2. The van der Waals surface area contributed by atoms with Gasteiger partial charge in [0.25, 0.3) is 0 Å². The molecule has 0 aliphatic heterocycles. The van der Waals surface area contributed by atoms with Crippen LogP contribution < -0.4 is 4.74 Å². The van der Waals surface area contributed by atoms with Crippen molar-refractivity contribution in [2.45, 2.75) is 11.7 Å². The van der Waals surface area contributed by atoms with Crippen LogP contribution in [0.1, 0.15) is 5.56 Å². The predicted molar refractivity (Wildman–Crippen MR) is 119 cm³/mol. The molecular weight excluding hydrogens is 412 g/mol. The normalized spacial score (nSPS) is 10.8. The lowest BCUT2D eigenvalue weighted by atomic mass is 10.2. The number of ether oxygens (including phenoxy) is 1. The number of nitrogens with zero attached hydrogens (tertiary/aromatic N) is 4. The summed E-state index contributed by atoms with van der Waals surface area (Å²) in [6.07, 6.45) is 1.60. The van der Waals surface area contributed by atoms with E-state index in [9.17, 15) is 4.79 Å². The number of rotatable bonds is 8. The Balaban J connectivity index is 1.51. The quantitative estimate of drug-likeness (QED) is 0.385. The summed E-state index contributed by atoms with van der Waals surface area (Å²) in [7, 11) is 3.41. The third-order valence-corrected chi connectivity index (χ3v) is 5.65. The molecule has 0 unspecified atom stereocenters. The number of para-hydroxylation sites is 2. The Morgan fingerprint density at radius 2 is 1.84 bits per heavy atom. The summed E-state index contributed by atoms with van der Waals surface area (Å²) in [6.45, 7) is 0.465. The zero-order valence-corrected chi connectivity index (χ0v) is 18.1. The van der Waals surface area contributed by atoms with Gasteiger partial charge in [-0.15, -0.1) is 10.2 Å². The van der Waals surface area contributed by atoms with Crippen LogP contribution >= 0.6 is 11.8 Å². The molecule has 2 aromatic heterocycles. The molecule has 0 bridgehead atoms. The van der Waals surface area contributed by atoms with E-state index in [1.165, 1.54) is 11.8 Å². The van der Waals surface area contributed by atoms with Gasteiger partial charge in [0.05, 0.1) is 19.1 Å². The second-order valence-corrected chi connectivity index (χ2v) is 7.75. The van der Waals surface area contributed by atoms with Crippen molar-refractivity contribution in [1.29, 1.82) is 0 Å². The van der Waals surface area contributed by atoms with Crippen molar-refractivity contribution in [3.63, 3.8) is 0 Å². The number of methoxy groups -OCH3 is 1. The van der Waals surface area contributed by atoms with Gasteiger partial charge >= 0.3 is 0 Å². The third kappa shape index (κ3) is 4.64. The Kier molecular flexibility index (Phi) is 6.37. The molecule has 0 aliphatic rings. The highest BCUT2D eigenvalue weighted by Crippen LogP contribution is 2.28. The lowest BCUT2D eigenvalue weighted by Crippen LogP contribution is -2.28. The van der Waals surface area contributed by atoms with Crippen LogP contribution in [0.5, 0.6) is 5.75 Å². The van der Waals surface area contributed by atoms with Crippen LogP contribution in [-0.4, -0.2) is 45.5 Å². The second kappa shape index (κ2) is 9.53. The molecule has 0 radical (unpaired) electrons. The maximum atomic E-state index is 12.8. The van der Waals surface area contributed by atoms with E-state index in [-0.39, 0.29) is 11.7 Å². The smallest absolute Gasteiger partial charge is 0.233 e. The molecule has 31 heavy (non-hydrogen) atoms. The van der Waals surface area contributed by atoms with Gasteiger partial charge in [0.15, 0.2) is 10.9 Å². The SMILES string of the molecule is COc1ccccc1CN(C)C(=O)CSc1nnc(-c2ccco2)n1-c1ccccc1. The molecule has 4 rings (SSSR count). The fraction of sp³-hybridized carbons (Fsp3) is 0.174. The highest BCUT2D eigenvalue weighted by Gasteiger charge is 2.20. The summed E-state index contributed by atoms with van der Waals surface area (Å²) in [4.78, 5) is 14.5. The number of hydrogen-bond acceptors (Lipinski definition) is 6. The second-order valence-electron chi connectivity index (χ2n) is 6.80. The number of furan rings is 1. The first-order chi connectivity index (χ1) is 15.2. The van der Waals surface area contributed by atoms with Crippen LogP contribution in [0.2, 0.25) is 0 Å². The van der Waals surface area contributed by atoms with Gasteiger partial charge in [0.2, 0.25) is 11.7 Å². The Morgan fingerprint density at radius 1 is 1.06 bits per heavy atom. The van der Waals surface area contributed by atoms with Crippen LogP contribution in [0.3, 0.4) is 0 Å². The molecule has 0 saturated heterocycles. The van der Waals surface area contributed by atoms with E-state index < -0.39 is 0 Å². The van der Waals surface area contributed by atoms with Crippen molar-refractivity contribution in [1.82, 2.24) is 19.7 Å². The Labute approximate surface area is 184 Å². The minimum absolute atomic E-state index is 0.0157. The summed E-state index contributed by atoms with van der Waals surface area (Å²) in [5.74, 6) is 2.19. The topological polar surface area (TPSA) is 73.4 Å². The van der Waals surface area contributed by atoms with Crippen molar-refractivity contribution in [3.8, 4) is 23.0 Å². The zero-order valence-electron chi connectivity index (χ0n) is 17.3. The lowest BCUT2D eigenvalue weighted by molar-refractivity contribution is -0.127.